The number of benzene rings is 4. The molecule has 9 heteroatoms. The quantitative estimate of drug-likeness (QED) is 0.122. The largest absolute Gasteiger partial charge is 0.465 e. The molecule has 4 rings (SSSR count). The first-order valence-corrected chi connectivity index (χ1v) is 13.6. The molecule has 0 saturated carbocycles. The molecule has 1 atom stereocenters. The van der Waals surface area contributed by atoms with Gasteiger partial charge in [0.15, 0.2) is 0 Å². The van der Waals surface area contributed by atoms with Crippen molar-refractivity contribution in [2.75, 3.05) is 30.3 Å². The first kappa shape index (κ1) is 30.3. The Balaban J connectivity index is 1.29. The second-order valence-electron chi connectivity index (χ2n) is 9.48. The standard InChI is InChI=1S/C33H32F3N3O3/c1-2-42-32(41)30(24-9-4-3-5-10-24)38-22-8-21-37-26-17-19-27(20-18-26)39-31(40)29-12-7-6-11-28(29)23-13-15-25(16-14-23)33(34,35)36/h3-7,9-20,30,37-38H,2,8,21-22H2,1H3,(H,39,40). The summed E-state index contributed by atoms with van der Waals surface area (Å²) in [4.78, 5) is 25.5. The summed E-state index contributed by atoms with van der Waals surface area (Å²) >= 11 is 0. The highest BCUT2D eigenvalue weighted by Gasteiger charge is 2.30. The lowest BCUT2D eigenvalue weighted by Gasteiger charge is -2.18. The van der Waals surface area contributed by atoms with Crippen LogP contribution in [-0.4, -0.2) is 31.6 Å². The number of anilines is 2. The third-order valence-corrected chi connectivity index (χ3v) is 6.52. The molecule has 1 unspecified atom stereocenters. The number of hydrogen-bond acceptors (Lipinski definition) is 5. The summed E-state index contributed by atoms with van der Waals surface area (Å²) in [5.41, 5.74) is 2.95. The van der Waals surface area contributed by atoms with E-state index in [2.05, 4.69) is 16.0 Å². The molecule has 0 bridgehead atoms. The van der Waals surface area contributed by atoms with Crippen LogP contribution < -0.4 is 16.0 Å². The lowest BCUT2D eigenvalue weighted by Crippen LogP contribution is -2.31. The van der Waals surface area contributed by atoms with Crippen LogP contribution >= 0.6 is 0 Å². The van der Waals surface area contributed by atoms with Crippen LogP contribution in [0.4, 0.5) is 24.5 Å². The van der Waals surface area contributed by atoms with E-state index in [1.54, 1.807) is 43.3 Å². The molecule has 0 heterocycles. The topological polar surface area (TPSA) is 79.5 Å². The monoisotopic (exact) mass is 575 g/mol. The molecule has 0 aromatic heterocycles. The maximum absolute atomic E-state index is 13.1. The summed E-state index contributed by atoms with van der Waals surface area (Å²) in [5.74, 6) is -0.678. The Morgan fingerprint density at radius 3 is 2.10 bits per heavy atom. The van der Waals surface area contributed by atoms with Crippen molar-refractivity contribution in [3.05, 3.63) is 120 Å². The number of carbonyl (C=O) groups is 2. The fourth-order valence-electron chi connectivity index (χ4n) is 4.42. The second kappa shape index (κ2) is 14.3. The number of carbonyl (C=O) groups excluding carboxylic acids is 2. The molecular weight excluding hydrogens is 543 g/mol. The number of amides is 1. The third-order valence-electron chi connectivity index (χ3n) is 6.52. The number of alkyl halides is 3. The zero-order chi connectivity index (χ0) is 30.0. The van der Waals surface area contributed by atoms with E-state index in [1.165, 1.54) is 12.1 Å². The summed E-state index contributed by atoms with van der Waals surface area (Å²) in [5, 5.41) is 9.44. The lowest BCUT2D eigenvalue weighted by molar-refractivity contribution is -0.145. The van der Waals surface area contributed by atoms with Crippen LogP contribution in [0.3, 0.4) is 0 Å². The summed E-state index contributed by atoms with van der Waals surface area (Å²) < 4.78 is 44.1. The zero-order valence-electron chi connectivity index (χ0n) is 23.1. The number of nitrogens with one attached hydrogen (secondary N) is 3. The number of rotatable bonds is 12. The minimum atomic E-state index is -4.43. The highest BCUT2D eigenvalue weighted by Crippen LogP contribution is 2.32. The van der Waals surface area contributed by atoms with Gasteiger partial charge in [0.1, 0.15) is 6.04 Å². The van der Waals surface area contributed by atoms with Crippen molar-refractivity contribution in [1.29, 1.82) is 0 Å². The molecule has 0 aliphatic heterocycles. The number of hydrogen-bond donors (Lipinski definition) is 3. The van der Waals surface area contributed by atoms with E-state index < -0.39 is 17.8 Å². The summed E-state index contributed by atoms with van der Waals surface area (Å²) in [7, 11) is 0. The van der Waals surface area contributed by atoms with E-state index in [1.807, 2.05) is 42.5 Å². The Hall–Kier alpha value is -4.63. The highest BCUT2D eigenvalue weighted by atomic mass is 19.4. The zero-order valence-corrected chi connectivity index (χ0v) is 23.1. The van der Waals surface area contributed by atoms with Gasteiger partial charge in [-0.25, -0.2) is 4.79 Å². The third kappa shape index (κ3) is 8.20. The van der Waals surface area contributed by atoms with Crippen molar-refractivity contribution >= 4 is 23.3 Å². The minimum Gasteiger partial charge on any atom is -0.465 e. The lowest BCUT2D eigenvalue weighted by atomic mass is 9.98. The molecule has 3 N–H and O–H groups in total. The fourth-order valence-corrected chi connectivity index (χ4v) is 4.42. The first-order chi connectivity index (χ1) is 20.3. The van der Waals surface area contributed by atoms with Gasteiger partial charge < -0.3 is 20.7 Å². The molecule has 4 aromatic rings. The van der Waals surface area contributed by atoms with Gasteiger partial charge in [-0.3, -0.25) is 4.79 Å². The summed E-state index contributed by atoms with van der Waals surface area (Å²) in [6, 6.07) is 27.7. The van der Waals surface area contributed by atoms with Gasteiger partial charge in [0.2, 0.25) is 0 Å². The Bertz CT molecular complexity index is 1460. The van der Waals surface area contributed by atoms with Gasteiger partial charge in [-0.15, -0.1) is 0 Å². The second-order valence-corrected chi connectivity index (χ2v) is 9.48. The van der Waals surface area contributed by atoms with E-state index in [4.69, 9.17) is 4.74 Å². The van der Waals surface area contributed by atoms with Crippen LogP contribution in [-0.2, 0) is 15.7 Å². The molecule has 0 spiro atoms. The van der Waals surface area contributed by atoms with Crippen LogP contribution in [0.1, 0.15) is 40.9 Å². The maximum Gasteiger partial charge on any atom is 0.416 e. The van der Waals surface area contributed by atoms with Gasteiger partial charge in [-0.05, 0) is 79.0 Å². The Labute approximate surface area is 242 Å². The molecule has 0 aliphatic carbocycles. The first-order valence-electron chi connectivity index (χ1n) is 13.6. The SMILES string of the molecule is CCOC(=O)C(NCCCNc1ccc(NC(=O)c2ccccc2-c2ccc(C(F)(F)F)cc2)cc1)c1ccccc1. The number of ether oxygens (including phenoxy) is 1. The molecular formula is C33H32F3N3O3. The summed E-state index contributed by atoms with van der Waals surface area (Å²) in [6.07, 6.45) is -3.68. The van der Waals surface area contributed by atoms with E-state index in [9.17, 15) is 22.8 Å². The van der Waals surface area contributed by atoms with E-state index in [-0.39, 0.29) is 11.9 Å². The average molecular weight is 576 g/mol. The van der Waals surface area contributed by atoms with Crippen LogP contribution in [0, 0.1) is 0 Å². The van der Waals surface area contributed by atoms with Crippen LogP contribution in [0.5, 0.6) is 0 Å². The predicted octanol–water partition coefficient (Wildman–Crippen LogP) is 7.32. The van der Waals surface area contributed by atoms with Crippen molar-refractivity contribution < 1.29 is 27.5 Å². The van der Waals surface area contributed by atoms with E-state index in [0.717, 1.165) is 29.8 Å². The van der Waals surface area contributed by atoms with Crippen molar-refractivity contribution in [1.82, 2.24) is 5.32 Å². The van der Waals surface area contributed by atoms with Gasteiger partial charge in [0, 0.05) is 23.5 Å². The van der Waals surface area contributed by atoms with Crippen LogP contribution in [0.25, 0.3) is 11.1 Å². The van der Waals surface area contributed by atoms with Crippen LogP contribution in [0.15, 0.2) is 103 Å². The highest BCUT2D eigenvalue weighted by molar-refractivity contribution is 6.08. The van der Waals surface area contributed by atoms with Crippen molar-refractivity contribution in [2.24, 2.45) is 0 Å². The van der Waals surface area contributed by atoms with Gasteiger partial charge in [0.25, 0.3) is 5.91 Å². The molecule has 6 nitrogen and oxygen atoms in total. The maximum atomic E-state index is 13.1. The average Bonchev–Trinajstić information content (AvgIpc) is 3.00. The van der Waals surface area contributed by atoms with Crippen molar-refractivity contribution in [3.8, 4) is 11.1 Å². The number of esters is 1. The molecule has 0 saturated heterocycles. The summed E-state index contributed by atoms with van der Waals surface area (Å²) in [6.45, 7) is 3.34. The molecule has 0 aliphatic rings. The van der Waals surface area contributed by atoms with Gasteiger partial charge in [-0.2, -0.15) is 13.2 Å². The van der Waals surface area contributed by atoms with Crippen molar-refractivity contribution in [3.63, 3.8) is 0 Å². The molecule has 1 amide bonds. The van der Waals surface area contributed by atoms with Gasteiger partial charge in [0.05, 0.1) is 12.2 Å². The minimum absolute atomic E-state index is 0.309. The fraction of sp³-hybridized carbons (Fsp3) is 0.212. The molecule has 218 valence electrons. The van der Waals surface area contributed by atoms with Gasteiger partial charge in [-0.1, -0.05) is 60.7 Å². The molecule has 4 aromatic carbocycles. The predicted molar refractivity (Wildman–Crippen MR) is 158 cm³/mol. The normalized spacial score (nSPS) is 11.9. The van der Waals surface area contributed by atoms with Crippen LogP contribution in [0.2, 0.25) is 0 Å². The molecule has 42 heavy (non-hydrogen) atoms. The Morgan fingerprint density at radius 1 is 0.786 bits per heavy atom. The van der Waals surface area contributed by atoms with Gasteiger partial charge >= 0.3 is 12.1 Å². The van der Waals surface area contributed by atoms with Crippen molar-refractivity contribution in [2.45, 2.75) is 25.6 Å². The van der Waals surface area contributed by atoms with E-state index in [0.29, 0.717) is 42.1 Å². The smallest absolute Gasteiger partial charge is 0.416 e. The Morgan fingerprint density at radius 2 is 1.43 bits per heavy atom. The van der Waals surface area contributed by atoms with E-state index >= 15 is 0 Å². The number of halogens is 3. The molecule has 0 fully saturated rings. The molecule has 0 radical (unpaired) electrons. The Kier molecular flexibility index (Phi) is 10.3.